The molecule has 5 nitrogen and oxygen atoms in total. The van der Waals surface area contributed by atoms with Crippen molar-refractivity contribution in [3.05, 3.63) is 39.9 Å². The molecule has 2 fully saturated rings. The van der Waals surface area contributed by atoms with Crippen LogP contribution in [0.25, 0.3) is 0 Å². The summed E-state index contributed by atoms with van der Waals surface area (Å²) in [6, 6.07) is 5.68. The van der Waals surface area contributed by atoms with Crippen molar-refractivity contribution in [2.24, 2.45) is 11.8 Å². The van der Waals surface area contributed by atoms with E-state index in [2.05, 4.69) is 19.6 Å². The molecule has 0 amide bonds. The van der Waals surface area contributed by atoms with Crippen LogP contribution in [0.5, 0.6) is 0 Å². The number of nitro groups is 1. The van der Waals surface area contributed by atoms with E-state index in [9.17, 15) is 14.9 Å². The first-order valence-corrected chi connectivity index (χ1v) is 11.8. The van der Waals surface area contributed by atoms with E-state index in [0.717, 1.165) is 6.42 Å². The molecular formula is C17H23NO4Si. The first kappa shape index (κ1) is 16.2. The number of non-ortho nitro benzene ring substituents is 1. The fraction of sp³-hybridized carbons (Fsp3) is 0.588. The standard InChI is InChI=1S/C17H23NO4Si/c1-23(2,3)16-13-5-4-12(10-13)15(16)22-17(19)11-6-8-14(9-7-11)18(20)21/h6-9,12-13,15-16H,4-5,10H2,1-3H3/t12-,13+,15-,16+/m0/s1. The second-order valence-electron chi connectivity index (χ2n) is 7.90. The Kier molecular flexibility index (Phi) is 4.04. The van der Waals surface area contributed by atoms with E-state index in [1.807, 2.05) is 0 Å². The van der Waals surface area contributed by atoms with E-state index < -0.39 is 13.0 Å². The first-order valence-electron chi connectivity index (χ1n) is 8.23. The molecule has 1 aromatic carbocycles. The van der Waals surface area contributed by atoms with Crippen LogP contribution in [0.4, 0.5) is 5.69 Å². The molecule has 0 spiro atoms. The average Bonchev–Trinajstić information content (AvgIpc) is 3.07. The number of ether oxygens (including phenoxy) is 1. The maximum Gasteiger partial charge on any atom is 0.338 e. The molecule has 0 saturated heterocycles. The zero-order chi connectivity index (χ0) is 16.8. The van der Waals surface area contributed by atoms with Crippen LogP contribution in [0.3, 0.4) is 0 Å². The predicted octanol–water partition coefficient (Wildman–Crippen LogP) is 4.26. The summed E-state index contributed by atoms with van der Waals surface area (Å²) in [5.74, 6) is 0.862. The van der Waals surface area contributed by atoms with E-state index in [1.165, 1.54) is 37.1 Å². The van der Waals surface area contributed by atoms with Crippen LogP contribution in [0.1, 0.15) is 29.6 Å². The summed E-state index contributed by atoms with van der Waals surface area (Å²) in [5.41, 5.74) is 0.914. The van der Waals surface area contributed by atoms with Crippen molar-refractivity contribution >= 4 is 19.7 Å². The molecule has 2 aliphatic carbocycles. The average molecular weight is 333 g/mol. The van der Waals surface area contributed by atoms with Gasteiger partial charge in [0, 0.05) is 12.1 Å². The number of rotatable bonds is 4. The number of hydrogen-bond donors (Lipinski definition) is 0. The van der Waals surface area contributed by atoms with Crippen LogP contribution in [-0.4, -0.2) is 25.1 Å². The van der Waals surface area contributed by atoms with E-state index in [-0.39, 0.29) is 17.8 Å². The first-order chi connectivity index (χ1) is 10.8. The van der Waals surface area contributed by atoms with Gasteiger partial charge in [0.05, 0.1) is 18.6 Å². The Bertz CT molecular complexity index is 622. The fourth-order valence-electron chi connectivity index (χ4n) is 4.52. The van der Waals surface area contributed by atoms with Gasteiger partial charge in [-0.05, 0) is 48.8 Å². The molecule has 2 saturated carbocycles. The molecule has 2 aliphatic rings. The van der Waals surface area contributed by atoms with Crippen molar-refractivity contribution in [1.29, 1.82) is 0 Å². The molecule has 0 unspecified atom stereocenters. The topological polar surface area (TPSA) is 69.4 Å². The highest BCUT2D eigenvalue weighted by atomic mass is 28.3. The Balaban J connectivity index is 1.75. The van der Waals surface area contributed by atoms with Crippen molar-refractivity contribution in [3.63, 3.8) is 0 Å². The van der Waals surface area contributed by atoms with Gasteiger partial charge in [0.25, 0.3) is 5.69 Å². The van der Waals surface area contributed by atoms with Gasteiger partial charge >= 0.3 is 5.97 Å². The zero-order valence-electron chi connectivity index (χ0n) is 13.8. The summed E-state index contributed by atoms with van der Waals surface area (Å²) in [6.45, 7) is 7.06. The molecule has 0 heterocycles. The Hall–Kier alpha value is -1.69. The number of nitrogens with zero attached hydrogens (tertiary/aromatic N) is 1. The number of fused-ring (bicyclic) bond motifs is 2. The lowest BCUT2D eigenvalue weighted by molar-refractivity contribution is -0.384. The van der Waals surface area contributed by atoms with Crippen LogP contribution < -0.4 is 0 Å². The predicted molar refractivity (Wildman–Crippen MR) is 90.2 cm³/mol. The SMILES string of the molecule is C[Si](C)(C)[C@@H]1[C@@H]2CC[C@@H](C2)[C@@H]1OC(=O)c1ccc([N+](=O)[O-])cc1. The van der Waals surface area contributed by atoms with Crippen LogP contribution in [0, 0.1) is 22.0 Å². The summed E-state index contributed by atoms with van der Waals surface area (Å²) >= 11 is 0. The summed E-state index contributed by atoms with van der Waals surface area (Å²) in [7, 11) is -1.40. The van der Waals surface area contributed by atoms with E-state index >= 15 is 0 Å². The molecule has 0 radical (unpaired) electrons. The molecule has 1 aromatic rings. The highest BCUT2D eigenvalue weighted by Crippen LogP contribution is 2.56. The molecule has 0 aromatic heterocycles. The van der Waals surface area contributed by atoms with Gasteiger partial charge in [0.15, 0.2) is 0 Å². The number of hydrogen-bond acceptors (Lipinski definition) is 4. The van der Waals surface area contributed by atoms with Gasteiger partial charge in [-0.15, -0.1) is 0 Å². The number of nitro benzene ring substituents is 1. The number of esters is 1. The Morgan fingerprint density at radius 2 is 1.78 bits per heavy atom. The van der Waals surface area contributed by atoms with Crippen LogP contribution in [0.2, 0.25) is 25.2 Å². The smallest absolute Gasteiger partial charge is 0.338 e. The summed E-state index contributed by atoms with van der Waals surface area (Å²) in [4.78, 5) is 22.7. The van der Waals surface area contributed by atoms with E-state index in [0.29, 0.717) is 22.9 Å². The molecule has 124 valence electrons. The lowest BCUT2D eigenvalue weighted by atomic mass is 9.97. The summed E-state index contributed by atoms with van der Waals surface area (Å²) in [5, 5.41) is 10.7. The van der Waals surface area contributed by atoms with Crippen molar-refractivity contribution in [1.82, 2.24) is 0 Å². The molecule has 4 atom stereocenters. The minimum absolute atomic E-state index is 0.0125. The molecule has 0 N–H and O–H groups in total. The molecule has 2 bridgehead atoms. The van der Waals surface area contributed by atoms with Gasteiger partial charge in [0.2, 0.25) is 0 Å². The number of carbonyl (C=O) groups is 1. The third kappa shape index (κ3) is 3.04. The van der Waals surface area contributed by atoms with E-state index in [4.69, 9.17) is 4.74 Å². The van der Waals surface area contributed by atoms with Crippen molar-refractivity contribution in [3.8, 4) is 0 Å². The van der Waals surface area contributed by atoms with Crippen LogP contribution in [0.15, 0.2) is 24.3 Å². The minimum atomic E-state index is -1.40. The molecule has 6 heteroatoms. The van der Waals surface area contributed by atoms with Gasteiger partial charge in [-0.1, -0.05) is 19.6 Å². The van der Waals surface area contributed by atoms with Crippen LogP contribution in [-0.2, 0) is 4.74 Å². The van der Waals surface area contributed by atoms with Crippen molar-refractivity contribution in [2.45, 2.75) is 50.5 Å². The highest BCUT2D eigenvalue weighted by Gasteiger charge is 2.54. The fourth-order valence-corrected chi connectivity index (χ4v) is 7.56. The highest BCUT2D eigenvalue weighted by molar-refractivity contribution is 6.77. The van der Waals surface area contributed by atoms with Crippen LogP contribution >= 0.6 is 0 Å². The van der Waals surface area contributed by atoms with Gasteiger partial charge in [0.1, 0.15) is 6.10 Å². The van der Waals surface area contributed by atoms with Gasteiger partial charge in [-0.2, -0.15) is 0 Å². The monoisotopic (exact) mass is 333 g/mol. The molecule has 23 heavy (non-hydrogen) atoms. The van der Waals surface area contributed by atoms with Crippen molar-refractivity contribution < 1.29 is 14.5 Å². The summed E-state index contributed by atoms with van der Waals surface area (Å²) < 4.78 is 5.90. The Morgan fingerprint density at radius 1 is 1.17 bits per heavy atom. The maximum absolute atomic E-state index is 12.5. The van der Waals surface area contributed by atoms with Crippen molar-refractivity contribution in [2.75, 3.05) is 0 Å². The quantitative estimate of drug-likeness (QED) is 0.357. The second-order valence-corrected chi connectivity index (χ2v) is 13.3. The van der Waals surface area contributed by atoms with Gasteiger partial charge in [-0.3, -0.25) is 10.1 Å². The number of carbonyl (C=O) groups excluding carboxylic acids is 1. The summed E-state index contributed by atoms with van der Waals surface area (Å²) in [6.07, 6.45) is 3.64. The van der Waals surface area contributed by atoms with Gasteiger partial charge in [-0.25, -0.2) is 4.79 Å². The third-order valence-electron chi connectivity index (χ3n) is 5.40. The zero-order valence-corrected chi connectivity index (χ0v) is 14.8. The second kappa shape index (κ2) is 5.74. The normalized spacial score (nSPS) is 29.5. The van der Waals surface area contributed by atoms with Gasteiger partial charge < -0.3 is 4.74 Å². The molecule has 0 aliphatic heterocycles. The Labute approximate surface area is 137 Å². The largest absolute Gasteiger partial charge is 0.458 e. The Morgan fingerprint density at radius 3 is 2.35 bits per heavy atom. The number of benzene rings is 1. The third-order valence-corrected chi connectivity index (χ3v) is 8.20. The molecular weight excluding hydrogens is 310 g/mol. The molecule has 3 rings (SSSR count). The lowest BCUT2D eigenvalue weighted by Gasteiger charge is -2.38. The minimum Gasteiger partial charge on any atom is -0.458 e. The lowest BCUT2D eigenvalue weighted by Crippen LogP contribution is -2.42. The maximum atomic E-state index is 12.5. The van der Waals surface area contributed by atoms with E-state index in [1.54, 1.807) is 0 Å².